The summed E-state index contributed by atoms with van der Waals surface area (Å²) in [4.78, 5) is 1.08. The van der Waals surface area contributed by atoms with Gasteiger partial charge in [0.15, 0.2) is 8.32 Å². The highest BCUT2D eigenvalue weighted by Crippen LogP contribution is 2.22. The van der Waals surface area contributed by atoms with Gasteiger partial charge in [-0.3, -0.25) is 0 Å². The van der Waals surface area contributed by atoms with E-state index in [0.29, 0.717) is 12.0 Å². The van der Waals surface area contributed by atoms with Gasteiger partial charge in [-0.05, 0) is 82.4 Å². The predicted octanol–water partition coefficient (Wildman–Crippen LogP) is 4.62. The molecule has 0 spiro atoms. The van der Waals surface area contributed by atoms with Gasteiger partial charge in [-0.15, -0.1) is 0 Å². The maximum Gasteiger partial charge on any atom is 0.183 e. The number of nitrogens with two attached hydrogens (primary N) is 2. The monoisotopic (exact) mass is 417 g/mol. The minimum absolute atomic E-state index is 0.176. The molecule has 162 valence electrons. The van der Waals surface area contributed by atoms with E-state index in [0.717, 1.165) is 50.1 Å². The zero-order valence-electron chi connectivity index (χ0n) is 18.9. The molecule has 0 fully saturated rings. The van der Waals surface area contributed by atoms with E-state index in [-0.39, 0.29) is 12.1 Å². The van der Waals surface area contributed by atoms with Crippen LogP contribution in [-0.2, 0) is 4.43 Å². The molecule has 0 aliphatic heterocycles. The van der Waals surface area contributed by atoms with Crippen molar-refractivity contribution >= 4 is 25.4 Å². The van der Waals surface area contributed by atoms with Crippen LogP contribution >= 0.6 is 12.2 Å². The highest BCUT2D eigenvalue weighted by molar-refractivity contribution is 7.80. The van der Waals surface area contributed by atoms with Crippen molar-refractivity contribution in [1.29, 1.82) is 0 Å². The fourth-order valence-electron chi connectivity index (χ4n) is 3.49. The lowest BCUT2D eigenvalue weighted by Crippen LogP contribution is -2.42. The molecule has 0 aliphatic rings. The molecule has 6 heteroatoms. The highest BCUT2D eigenvalue weighted by Gasteiger charge is 2.24. The van der Waals surface area contributed by atoms with Crippen LogP contribution in [0.2, 0.25) is 19.6 Å². The van der Waals surface area contributed by atoms with Crippen molar-refractivity contribution < 1.29 is 4.43 Å². The largest absolute Gasteiger partial charge is 0.418 e. The third-order valence-corrected chi connectivity index (χ3v) is 6.33. The van der Waals surface area contributed by atoms with Crippen LogP contribution in [0.1, 0.15) is 72.1 Å². The van der Waals surface area contributed by atoms with Gasteiger partial charge in [0.25, 0.3) is 0 Å². The Hall–Kier alpha value is 0.147. The summed E-state index contributed by atoms with van der Waals surface area (Å²) in [7, 11) is -1.46. The van der Waals surface area contributed by atoms with E-state index >= 15 is 0 Å². The smallest absolute Gasteiger partial charge is 0.183 e. The maximum atomic E-state index is 6.69. The molecule has 0 amide bonds. The first-order valence-corrected chi connectivity index (χ1v) is 14.8. The minimum Gasteiger partial charge on any atom is -0.418 e. The lowest BCUT2D eigenvalue weighted by atomic mass is 9.84. The van der Waals surface area contributed by atoms with Crippen molar-refractivity contribution in [2.45, 2.75) is 110 Å². The standard InChI is InChI=1S/C21H47N3OSSi/c1-7-9-10-18(15-19(22)13-14-25-27(4,5)6)21(23)16-20(24-8-2)12-11-17(3)26/h18-21,24H,7-16,22-23H2,1-6H3. The van der Waals surface area contributed by atoms with Crippen LogP contribution in [0.3, 0.4) is 0 Å². The van der Waals surface area contributed by atoms with Crippen LogP contribution in [0.4, 0.5) is 0 Å². The van der Waals surface area contributed by atoms with Gasteiger partial charge < -0.3 is 21.2 Å². The SMILES string of the molecule is CCCCC(CC(N)CCO[Si](C)(C)C)C(N)CC(CCC(C)=S)NCC. The summed E-state index contributed by atoms with van der Waals surface area (Å²) >= 11 is 5.26. The molecule has 0 aromatic rings. The fourth-order valence-corrected chi connectivity index (χ4v) is 4.33. The molecule has 0 saturated heterocycles. The van der Waals surface area contributed by atoms with E-state index < -0.39 is 8.32 Å². The summed E-state index contributed by atoms with van der Waals surface area (Å²) in [5, 5.41) is 3.60. The molecule has 0 saturated carbocycles. The van der Waals surface area contributed by atoms with Crippen molar-refractivity contribution in [1.82, 2.24) is 5.32 Å². The van der Waals surface area contributed by atoms with E-state index in [4.69, 9.17) is 28.1 Å². The summed E-state index contributed by atoms with van der Waals surface area (Å²) in [6, 6.07) is 0.809. The molecule has 4 unspecified atom stereocenters. The Morgan fingerprint density at radius 2 is 1.74 bits per heavy atom. The molecule has 4 nitrogen and oxygen atoms in total. The summed E-state index contributed by atoms with van der Waals surface area (Å²) < 4.78 is 5.98. The Morgan fingerprint density at radius 3 is 2.26 bits per heavy atom. The molecular formula is C21H47N3OSSi. The molecule has 0 heterocycles. The van der Waals surface area contributed by atoms with Gasteiger partial charge in [-0.2, -0.15) is 0 Å². The second-order valence-corrected chi connectivity index (χ2v) is 14.3. The van der Waals surface area contributed by atoms with Crippen molar-refractivity contribution in [2.24, 2.45) is 17.4 Å². The summed E-state index contributed by atoms with van der Waals surface area (Å²) in [5.74, 6) is 0.488. The van der Waals surface area contributed by atoms with Crippen LogP contribution in [-0.4, -0.2) is 44.5 Å². The average molecular weight is 418 g/mol. The van der Waals surface area contributed by atoms with Crippen LogP contribution in [0.5, 0.6) is 0 Å². The summed E-state index contributed by atoms with van der Waals surface area (Å²) in [6.45, 7) is 14.9. The Balaban J connectivity index is 4.65. The van der Waals surface area contributed by atoms with Gasteiger partial charge in [-0.1, -0.05) is 38.9 Å². The highest BCUT2D eigenvalue weighted by atomic mass is 32.1. The zero-order chi connectivity index (χ0) is 20.9. The van der Waals surface area contributed by atoms with Crippen LogP contribution < -0.4 is 16.8 Å². The molecule has 4 atom stereocenters. The van der Waals surface area contributed by atoms with E-state index in [1.165, 1.54) is 19.3 Å². The number of nitrogens with one attached hydrogen (secondary N) is 1. The first-order valence-electron chi connectivity index (χ1n) is 11.0. The molecule has 0 aromatic heterocycles. The third-order valence-electron chi connectivity index (χ3n) is 5.06. The lowest BCUT2D eigenvalue weighted by Gasteiger charge is -2.30. The number of hydrogen-bond donors (Lipinski definition) is 3. The quantitative estimate of drug-likeness (QED) is 0.238. The Labute approximate surface area is 175 Å². The topological polar surface area (TPSA) is 73.3 Å². The fraction of sp³-hybridized carbons (Fsp3) is 0.952. The van der Waals surface area contributed by atoms with Gasteiger partial charge in [0.1, 0.15) is 0 Å². The van der Waals surface area contributed by atoms with Crippen molar-refractivity contribution in [2.75, 3.05) is 13.2 Å². The van der Waals surface area contributed by atoms with Crippen molar-refractivity contribution in [3.05, 3.63) is 0 Å². The lowest BCUT2D eigenvalue weighted by molar-refractivity contribution is 0.255. The number of hydrogen-bond acceptors (Lipinski definition) is 5. The van der Waals surface area contributed by atoms with Crippen molar-refractivity contribution in [3.63, 3.8) is 0 Å². The second kappa shape index (κ2) is 15.0. The molecule has 27 heavy (non-hydrogen) atoms. The van der Waals surface area contributed by atoms with Gasteiger partial charge in [0.05, 0.1) is 0 Å². The minimum atomic E-state index is -1.46. The van der Waals surface area contributed by atoms with Crippen LogP contribution in [0, 0.1) is 5.92 Å². The first-order chi connectivity index (χ1) is 12.6. The van der Waals surface area contributed by atoms with Crippen molar-refractivity contribution in [3.8, 4) is 0 Å². The van der Waals surface area contributed by atoms with Gasteiger partial charge in [-0.25, -0.2) is 0 Å². The second-order valence-electron chi connectivity index (χ2n) is 9.04. The molecular weight excluding hydrogens is 370 g/mol. The third kappa shape index (κ3) is 15.7. The van der Waals surface area contributed by atoms with Gasteiger partial charge in [0, 0.05) is 24.7 Å². The van der Waals surface area contributed by atoms with Gasteiger partial charge >= 0.3 is 0 Å². The molecule has 0 radical (unpaired) electrons. The normalized spacial score (nSPS) is 16.7. The van der Waals surface area contributed by atoms with E-state index in [1.54, 1.807) is 0 Å². The predicted molar refractivity (Wildman–Crippen MR) is 127 cm³/mol. The van der Waals surface area contributed by atoms with Gasteiger partial charge in [0.2, 0.25) is 0 Å². The number of unbranched alkanes of at least 4 members (excludes halogenated alkanes) is 1. The zero-order valence-corrected chi connectivity index (χ0v) is 20.7. The molecule has 0 bridgehead atoms. The number of thiocarbonyl (C=S) groups is 1. The maximum absolute atomic E-state index is 6.69. The Kier molecular flexibility index (Phi) is 15.1. The van der Waals surface area contributed by atoms with Crippen LogP contribution in [0.25, 0.3) is 0 Å². The van der Waals surface area contributed by atoms with Crippen LogP contribution in [0.15, 0.2) is 0 Å². The number of rotatable bonds is 17. The first kappa shape index (κ1) is 27.1. The van der Waals surface area contributed by atoms with E-state index in [2.05, 4.69) is 38.8 Å². The summed E-state index contributed by atoms with van der Waals surface area (Å²) in [6.07, 6.45) is 8.61. The molecule has 5 N–H and O–H groups in total. The molecule has 0 aromatic carbocycles. The molecule has 0 rings (SSSR count). The Bertz CT molecular complexity index is 390. The Morgan fingerprint density at radius 1 is 1.07 bits per heavy atom. The van der Waals surface area contributed by atoms with E-state index in [1.807, 2.05) is 6.92 Å². The molecule has 0 aliphatic carbocycles. The van der Waals surface area contributed by atoms with E-state index in [9.17, 15) is 0 Å². The average Bonchev–Trinajstić information content (AvgIpc) is 2.55. The summed E-state index contributed by atoms with van der Waals surface area (Å²) in [5.41, 5.74) is 13.1.